The van der Waals surface area contributed by atoms with Gasteiger partial charge in [-0.25, -0.2) is 0 Å². The lowest BCUT2D eigenvalue weighted by molar-refractivity contribution is -0.298. The molecule has 10 nitrogen and oxygen atoms in total. The van der Waals surface area contributed by atoms with E-state index in [-0.39, 0.29) is 24.0 Å². The molecule has 3 aliphatic rings. The third-order valence-corrected chi connectivity index (χ3v) is 10.8. The lowest BCUT2D eigenvalue weighted by Gasteiger charge is -2.47. The minimum absolute atomic E-state index is 0.187. The predicted octanol–water partition coefficient (Wildman–Crippen LogP) is 2.48. The van der Waals surface area contributed by atoms with Gasteiger partial charge in [-0.1, -0.05) is 34.6 Å². The molecular weight excluding hydrogens is 520 g/mol. The van der Waals surface area contributed by atoms with Crippen molar-refractivity contribution in [2.75, 3.05) is 14.2 Å². The summed E-state index contributed by atoms with van der Waals surface area (Å²) >= 11 is 0. The van der Waals surface area contributed by atoms with Crippen molar-refractivity contribution in [1.82, 2.24) is 0 Å². The van der Waals surface area contributed by atoms with Crippen LogP contribution in [0.25, 0.3) is 0 Å². The van der Waals surface area contributed by atoms with Gasteiger partial charge in [-0.3, -0.25) is 9.59 Å². The summed E-state index contributed by atoms with van der Waals surface area (Å²) in [6, 6.07) is 0. The molecule has 15 atom stereocenters. The predicted molar refractivity (Wildman–Crippen MR) is 146 cm³/mol. The molecule has 0 aromatic rings. The zero-order chi connectivity index (χ0) is 30.5. The first-order valence-corrected chi connectivity index (χ1v) is 14.6. The fourth-order valence-electron chi connectivity index (χ4n) is 7.01. The second-order valence-corrected chi connectivity index (χ2v) is 13.3. The summed E-state index contributed by atoms with van der Waals surface area (Å²) in [7, 11) is 3.14. The minimum atomic E-state index is -1.72. The molecule has 1 unspecified atom stereocenters. The Balaban J connectivity index is 2.01. The quantitative estimate of drug-likeness (QED) is 0.430. The van der Waals surface area contributed by atoms with Gasteiger partial charge in [0.25, 0.3) is 0 Å². The summed E-state index contributed by atoms with van der Waals surface area (Å²) in [6.07, 6.45) is -4.62. The Morgan fingerprint density at radius 2 is 1.40 bits per heavy atom. The Bertz CT molecular complexity index is 928. The van der Waals surface area contributed by atoms with Crippen molar-refractivity contribution in [2.45, 2.75) is 129 Å². The summed E-state index contributed by atoms with van der Waals surface area (Å²) in [5.74, 6) is -3.85. The molecule has 2 aliphatic heterocycles. The Hall–Kier alpha value is -1.14. The van der Waals surface area contributed by atoms with Crippen molar-refractivity contribution in [1.29, 1.82) is 0 Å². The number of Topliss-reactive ketones (excluding diaryl/α,β-unsaturated/α-hetero) is 1. The molecule has 40 heavy (non-hydrogen) atoms. The molecule has 0 aromatic carbocycles. The van der Waals surface area contributed by atoms with E-state index >= 15 is 0 Å². The SMILES string of the molecule is CO[C@]1(C)C[C@H](O[C@H]2[C@H](C)[C@@H](C)[C@@](C)(OC)C[C@@H](C)C(=O)[C@H](C)[C@@H](O)[C@@]3(O)C(C)[C@H]3OC(=O)[C@@H]2C)O[C@@H](C)[C@@H]1O. The maximum absolute atomic E-state index is 13.5. The first-order valence-electron chi connectivity index (χ1n) is 14.6. The lowest BCUT2D eigenvalue weighted by atomic mass is 9.71. The van der Waals surface area contributed by atoms with Crippen LogP contribution in [0.4, 0.5) is 0 Å². The number of carbonyl (C=O) groups excluding carboxylic acids is 2. The van der Waals surface area contributed by atoms with Gasteiger partial charge >= 0.3 is 5.97 Å². The van der Waals surface area contributed by atoms with E-state index in [1.165, 1.54) is 7.11 Å². The van der Waals surface area contributed by atoms with E-state index in [1.54, 1.807) is 41.7 Å². The average Bonchev–Trinajstić information content (AvgIpc) is 3.45. The molecule has 2 saturated heterocycles. The molecule has 0 amide bonds. The molecule has 0 bridgehead atoms. The number of esters is 1. The monoisotopic (exact) mass is 572 g/mol. The zero-order valence-electron chi connectivity index (χ0n) is 26.0. The van der Waals surface area contributed by atoms with Gasteiger partial charge in [0, 0.05) is 38.4 Å². The number of aliphatic hydroxyl groups excluding tert-OH is 2. The van der Waals surface area contributed by atoms with Crippen molar-refractivity contribution in [3.8, 4) is 0 Å². The molecule has 0 radical (unpaired) electrons. The van der Waals surface area contributed by atoms with Gasteiger partial charge in [0.05, 0.1) is 35.4 Å². The highest BCUT2D eigenvalue weighted by molar-refractivity contribution is 5.83. The fraction of sp³-hybridized carbons (Fsp3) is 0.933. The van der Waals surface area contributed by atoms with Crippen LogP contribution in [-0.2, 0) is 33.3 Å². The normalized spacial score (nSPS) is 52.9. The molecule has 1 aliphatic carbocycles. The Kier molecular flexibility index (Phi) is 9.89. The molecule has 2 heterocycles. The summed E-state index contributed by atoms with van der Waals surface area (Å²) in [5, 5.41) is 33.0. The Morgan fingerprint density at radius 1 is 0.825 bits per heavy atom. The van der Waals surface area contributed by atoms with Crippen LogP contribution in [0.5, 0.6) is 0 Å². The molecule has 1 saturated carbocycles. The highest BCUT2D eigenvalue weighted by Gasteiger charge is 2.70. The number of fused-ring (bicyclic) bond motifs is 1. The molecule has 10 heteroatoms. The Labute approximate surface area is 239 Å². The first-order chi connectivity index (χ1) is 18.4. The lowest BCUT2D eigenvalue weighted by Crippen LogP contribution is -2.57. The second-order valence-electron chi connectivity index (χ2n) is 13.3. The summed E-state index contributed by atoms with van der Waals surface area (Å²) in [6.45, 7) is 16.3. The van der Waals surface area contributed by atoms with E-state index in [2.05, 4.69) is 0 Å². The van der Waals surface area contributed by atoms with Gasteiger partial charge in [-0.2, -0.15) is 0 Å². The minimum Gasteiger partial charge on any atom is -0.458 e. The van der Waals surface area contributed by atoms with Crippen LogP contribution >= 0.6 is 0 Å². The molecule has 3 N–H and O–H groups in total. The van der Waals surface area contributed by atoms with Crippen molar-refractivity contribution in [3.63, 3.8) is 0 Å². The largest absolute Gasteiger partial charge is 0.458 e. The van der Waals surface area contributed by atoms with E-state index in [0.717, 1.165) is 0 Å². The highest BCUT2D eigenvalue weighted by atomic mass is 16.7. The third-order valence-electron chi connectivity index (χ3n) is 10.8. The molecule has 3 fully saturated rings. The van der Waals surface area contributed by atoms with Crippen molar-refractivity contribution in [3.05, 3.63) is 0 Å². The van der Waals surface area contributed by atoms with E-state index in [4.69, 9.17) is 23.7 Å². The van der Waals surface area contributed by atoms with Gasteiger partial charge in [0.1, 0.15) is 23.6 Å². The molecule has 0 aromatic heterocycles. The number of hydrogen-bond donors (Lipinski definition) is 3. The fourth-order valence-corrected chi connectivity index (χ4v) is 7.01. The van der Waals surface area contributed by atoms with Crippen LogP contribution in [0.3, 0.4) is 0 Å². The number of methoxy groups -OCH3 is 2. The van der Waals surface area contributed by atoms with Crippen molar-refractivity contribution >= 4 is 11.8 Å². The van der Waals surface area contributed by atoms with Gasteiger partial charge in [-0.15, -0.1) is 0 Å². The molecule has 0 spiro atoms. The average molecular weight is 573 g/mol. The van der Waals surface area contributed by atoms with Crippen molar-refractivity contribution < 1.29 is 48.6 Å². The first kappa shape index (κ1) is 33.4. The summed E-state index contributed by atoms with van der Waals surface area (Å²) in [5.41, 5.74) is -3.41. The van der Waals surface area contributed by atoms with E-state index in [0.29, 0.717) is 6.42 Å². The van der Waals surface area contributed by atoms with Crippen LogP contribution in [0.15, 0.2) is 0 Å². The molecule has 3 rings (SSSR count). The maximum atomic E-state index is 13.5. The van der Waals surface area contributed by atoms with Gasteiger partial charge in [0.2, 0.25) is 0 Å². The van der Waals surface area contributed by atoms with Gasteiger partial charge in [0.15, 0.2) is 6.29 Å². The number of aliphatic hydroxyl groups is 3. The van der Waals surface area contributed by atoms with Gasteiger partial charge in [-0.05, 0) is 46.0 Å². The van der Waals surface area contributed by atoms with E-state index in [1.807, 2.05) is 27.7 Å². The topological polar surface area (TPSA) is 141 Å². The standard InChI is InChI=1S/C30H52O10/c1-14-12-28(8,36-10)18(5)15(2)23(39-21-13-29(9,37-11)25(33)20(7)38-21)17(4)27(34)40-26-19(6)30(26,35)24(32)16(3)22(14)31/h14-21,23-26,32-33,35H,12-13H2,1-11H3/t14-,15-,16+,17-,18-,19?,20+,21+,23+,24-,25+,26-,28+,29-,30+/m1/s1. The highest BCUT2D eigenvalue weighted by Crippen LogP contribution is 2.51. The smallest absolute Gasteiger partial charge is 0.311 e. The van der Waals surface area contributed by atoms with Gasteiger partial charge < -0.3 is 39.0 Å². The number of hydrogen-bond acceptors (Lipinski definition) is 10. The van der Waals surface area contributed by atoms with E-state index in [9.17, 15) is 24.9 Å². The summed E-state index contributed by atoms with van der Waals surface area (Å²) in [4.78, 5) is 27.0. The van der Waals surface area contributed by atoms with Crippen LogP contribution in [0, 0.1) is 35.5 Å². The number of ketones is 1. The van der Waals surface area contributed by atoms with Crippen LogP contribution in [0.1, 0.15) is 75.2 Å². The zero-order valence-corrected chi connectivity index (χ0v) is 26.0. The maximum Gasteiger partial charge on any atom is 0.311 e. The van der Waals surface area contributed by atoms with E-state index < -0.39 is 83.3 Å². The van der Waals surface area contributed by atoms with Crippen molar-refractivity contribution in [2.24, 2.45) is 35.5 Å². The Morgan fingerprint density at radius 3 is 1.95 bits per heavy atom. The van der Waals surface area contributed by atoms with Crippen LogP contribution < -0.4 is 0 Å². The molecule has 232 valence electrons. The number of rotatable bonds is 4. The summed E-state index contributed by atoms with van der Waals surface area (Å²) < 4.78 is 30.0. The number of carbonyl (C=O) groups is 2. The second kappa shape index (κ2) is 11.9. The number of ether oxygens (including phenoxy) is 5. The van der Waals surface area contributed by atoms with Crippen LogP contribution in [-0.4, -0.2) is 94.9 Å². The third kappa shape index (κ3) is 5.74. The molecular formula is C30H52O10. The van der Waals surface area contributed by atoms with Crippen LogP contribution in [0.2, 0.25) is 0 Å².